The maximum atomic E-state index is 13.2. The number of rotatable bonds is 5. The van der Waals surface area contributed by atoms with E-state index in [1.165, 1.54) is 17.9 Å². The van der Waals surface area contributed by atoms with Crippen LogP contribution in [0.1, 0.15) is 16.7 Å². The first-order chi connectivity index (χ1) is 12.7. The van der Waals surface area contributed by atoms with E-state index in [1.807, 2.05) is 32.0 Å². The smallest absolute Gasteiger partial charge is 0.414 e. The number of amides is 1. The van der Waals surface area contributed by atoms with Gasteiger partial charge in [-0.2, -0.15) is 0 Å². The fraction of sp³-hybridized carbons (Fsp3) is 0.316. The van der Waals surface area contributed by atoms with Crippen LogP contribution in [0.5, 0.6) is 0 Å². The van der Waals surface area contributed by atoms with E-state index in [2.05, 4.69) is 4.72 Å². The van der Waals surface area contributed by atoms with Crippen LogP contribution >= 0.6 is 0 Å². The maximum absolute atomic E-state index is 13.2. The van der Waals surface area contributed by atoms with Crippen LogP contribution in [0.4, 0.5) is 14.9 Å². The van der Waals surface area contributed by atoms with Gasteiger partial charge < -0.3 is 4.74 Å². The van der Waals surface area contributed by atoms with Crippen LogP contribution in [0.25, 0.3) is 0 Å². The third kappa shape index (κ3) is 4.12. The summed E-state index contributed by atoms with van der Waals surface area (Å²) >= 11 is 0. The highest BCUT2D eigenvalue weighted by atomic mass is 32.2. The van der Waals surface area contributed by atoms with E-state index in [0.29, 0.717) is 11.3 Å². The second kappa shape index (κ2) is 7.28. The van der Waals surface area contributed by atoms with Gasteiger partial charge in [-0.15, -0.1) is 0 Å². The summed E-state index contributed by atoms with van der Waals surface area (Å²) in [6, 6.07) is 9.12. The molecule has 0 aliphatic carbocycles. The number of hydrogen-bond acceptors (Lipinski definition) is 4. The molecule has 3 rings (SSSR count). The van der Waals surface area contributed by atoms with E-state index >= 15 is 0 Å². The zero-order valence-electron chi connectivity index (χ0n) is 15.3. The third-order valence-electron chi connectivity index (χ3n) is 4.60. The fourth-order valence-corrected chi connectivity index (χ4v) is 4.22. The van der Waals surface area contributed by atoms with Crippen molar-refractivity contribution in [3.8, 4) is 0 Å². The molecular formula is C19H21FN2O4S. The second-order valence-electron chi connectivity index (χ2n) is 6.65. The summed E-state index contributed by atoms with van der Waals surface area (Å²) in [7, 11) is -3.83. The van der Waals surface area contributed by atoms with E-state index in [4.69, 9.17) is 4.74 Å². The van der Waals surface area contributed by atoms with Gasteiger partial charge in [0.05, 0.1) is 11.4 Å². The first kappa shape index (κ1) is 19.3. The Kier molecular flexibility index (Phi) is 5.21. The maximum Gasteiger partial charge on any atom is 0.414 e. The lowest BCUT2D eigenvalue weighted by Gasteiger charge is -2.15. The van der Waals surface area contributed by atoms with Crippen molar-refractivity contribution in [2.75, 3.05) is 18.0 Å². The van der Waals surface area contributed by atoms with Crippen LogP contribution in [0.3, 0.4) is 0 Å². The molecule has 0 saturated carbocycles. The molecule has 1 heterocycles. The predicted molar refractivity (Wildman–Crippen MR) is 99.9 cm³/mol. The molecule has 144 valence electrons. The zero-order chi connectivity index (χ0) is 19.8. The number of carbonyl (C=O) groups excluding carboxylic acids is 1. The molecule has 1 atom stereocenters. The Morgan fingerprint density at radius 2 is 1.85 bits per heavy atom. The molecule has 0 bridgehead atoms. The van der Waals surface area contributed by atoms with Gasteiger partial charge in [0.15, 0.2) is 0 Å². The summed E-state index contributed by atoms with van der Waals surface area (Å²) in [4.78, 5) is 13.6. The van der Waals surface area contributed by atoms with E-state index in [9.17, 15) is 17.6 Å². The van der Waals surface area contributed by atoms with E-state index in [0.717, 1.165) is 23.3 Å². The monoisotopic (exact) mass is 392 g/mol. The van der Waals surface area contributed by atoms with Gasteiger partial charge in [0.2, 0.25) is 10.0 Å². The number of cyclic esters (lactones) is 1. The highest BCUT2D eigenvalue weighted by molar-refractivity contribution is 7.89. The normalized spacial score (nSPS) is 17.3. The number of nitrogens with one attached hydrogen (secondary N) is 1. The number of aryl methyl sites for hydroxylation is 3. The number of anilines is 1. The van der Waals surface area contributed by atoms with E-state index in [1.54, 1.807) is 0 Å². The van der Waals surface area contributed by atoms with Gasteiger partial charge in [0.25, 0.3) is 0 Å². The highest BCUT2D eigenvalue weighted by Gasteiger charge is 2.33. The van der Waals surface area contributed by atoms with Crippen molar-refractivity contribution in [2.45, 2.75) is 31.8 Å². The van der Waals surface area contributed by atoms with Crippen molar-refractivity contribution in [3.05, 3.63) is 58.9 Å². The first-order valence-electron chi connectivity index (χ1n) is 8.48. The van der Waals surface area contributed by atoms with Crippen molar-refractivity contribution >= 4 is 21.8 Å². The standard InChI is InChI=1S/C19H21FN2O4S/c1-12-4-6-16(9-13(12)2)22-11-17(26-19(22)23)10-21-27(24,25)18-7-5-15(20)8-14(18)3/h4-9,17,21H,10-11H2,1-3H3. The van der Waals surface area contributed by atoms with Crippen LogP contribution in [0.2, 0.25) is 0 Å². The summed E-state index contributed by atoms with van der Waals surface area (Å²) in [6.07, 6.45) is -1.13. The van der Waals surface area contributed by atoms with Gasteiger partial charge in [-0.05, 0) is 67.8 Å². The molecule has 1 fully saturated rings. The Bertz CT molecular complexity index is 991. The number of hydrogen-bond donors (Lipinski definition) is 1. The van der Waals surface area contributed by atoms with Crippen molar-refractivity contribution in [3.63, 3.8) is 0 Å². The molecule has 8 heteroatoms. The van der Waals surface area contributed by atoms with Crippen molar-refractivity contribution in [1.29, 1.82) is 0 Å². The van der Waals surface area contributed by atoms with Crippen molar-refractivity contribution in [1.82, 2.24) is 4.72 Å². The molecule has 1 unspecified atom stereocenters. The van der Waals surface area contributed by atoms with Crippen molar-refractivity contribution in [2.24, 2.45) is 0 Å². The topological polar surface area (TPSA) is 75.7 Å². The van der Waals surface area contributed by atoms with Crippen LogP contribution in [0, 0.1) is 26.6 Å². The average Bonchev–Trinajstić information content (AvgIpc) is 2.96. The molecular weight excluding hydrogens is 371 g/mol. The van der Waals surface area contributed by atoms with Gasteiger partial charge in [0.1, 0.15) is 11.9 Å². The molecule has 1 amide bonds. The van der Waals surface area contributed by atoms with Gasteiger partial charge in [0, 0.05) is 12.2 Å². The molecule has 2 aromatic carbocycles. The molecule has 0 spiro atoms. The Balaban J connectivity index is 1.68. The first-order valence-corrected chi connectivity index (χ1v) is 9.97. The summed E-state index contributed by atoms with van der Waals surface area (Å²) in [5.74, 6) is -0.500. The van der Waals surface area contributed by atoms with Crippen LogP contribution in [-0.2, 0) is 14.8 Å². The molecule has 1 N–H and O–H groups in total. The Morgan fingerprint density at radius 3 is 2.52 bits per heavy atom. The quantitative estimate of drug-likeness (QED) is 0.849. The highest BCUT2D eigenvalue weighted by Crippen LogP contribution is 2.24. The van der Waals surface area contributed by atoms with E-state index < -0.39 is 28.0 Å². The SMILES string of the molecule is Cc1ccc(N2CC(CNS(=O)(=O)c3ccc(F)cc3C)OC2=O)cc1C. The second-order valence-corrected chi connectivity index (χ2v) is 8.38. The molecule has 1 saturated heterocycles. The van der Waals surface area contributed by atoms with Crippen LogP contribution in [-0.4, -0.2) is 33.7 Å². The summed E-state index contributed by atoms with van der Waals surface area (Å²) in [6.45, 7) is 5.64. The minimum Gasteiger partial charge on any atom is -0.443 e. The molecule has 2 aromatic rings. The predicted octanol–water partition coefficient (Wildman–Crippen LogP) is 3.05. The minimum atomic E-state index is -3.83. The van der Waals surface area contributed by atoms with Gasteiger partial charge in [-0.1, -0.05) is 6.07 Å². The molecule has 1 aliphatic rings. The Labute approximate surface area is 158 Å². The minimum absolute atomic E-state index is 0.000705. The lowest BCUT2D eigenvalue weighted by Crippen LogP contribution is -2.35. The lowest BCUT2D eigenvalue weighted by atomic mass is 10.1. The summed E-state index contributed by atoms with van der Waals surface area (Å²) < 4.78 is 45.8. The Hall–Kier alpha value is -2.45. The Morgan fingerprint density at radius 1 is 1.11 bits per heavy atom. The third-order valence-corrected chi connectivity index (χ3v) is 6.19. The van der Waals surface area contributed by atoms with Crippen LogP contribution < -0.4 is 9.62 Å². The largest absolute Gasteiger partial charge is 0.443 e. The fourth-order valence-electron chi connectivity index (χ4n) is 2.93. The van der Waals surface area contributed by atoms with E-state index in [-0.39, 0.29) is 18.0 Å². The number of sulfonamides is 1. The number of ether oxygens (including phenoxy) is 1. The summed E-state index contributed by atoms with van der Waals surface area (Å²) in [5, 5.41) is 0. The van der Waals surface area contributed by atoms with Gasteiger partial charge in [-0.25, -0.2) is 22.3 Å². The molecule has 6 nitrogen and oxygen atoms in total. The molecule has 0 aromatic heterocycles. The number of carbonyl (C=O) groups is 1. The average molecular weight is 392 g/mol. The molecule has 0 radical (unpaired) electrons. The molecule has 1 aliphatic heterocycles. The number of nitrogens with zero attached hydrogens (tertiary/aromatic N) is 1. The van der Waals surface area contributed by atoms with Crippen molar-refractivity contribution < 1.29 is 22.3 Å². The summed E-state index contributed by atoms with van der Waals surface area (Å²) in [5.41, 5.74) is 3.19. The number of benzene rings is 2. The zero-order valence-corrected chi connectivity index (χ0v) is 16.1. The van der Waals surface area contributed by atoms with Gasteiger partial charge >= 0.3 is 6.09 Å². The number of halogens is 1. The van der Waals surface area contributed by atoms with Crippen LogP contribution in [0.15, 0.2) is 41.3 Å². The van der Waals surface area contributed by atoms with Gasteiger partial charge in [-0.3, -0.25) is 4.90 Å². The molecule has 27 heavy (non-hydrogen) atoms. The lowest BCUT2D eigenvalue weighted by molar-refractivity contribution is 0.143.